The first-order chi connectivity index (χ1) is 16.7. The van der Waals surface area contributed by atoms with Gasteiger partial charge in [0.25, 0.3) is 11.8 Å². The molecular weight excluding hydrogens is 521 g/mol. The van der Waals surface area contributed by atoms with E-state index in [1.807, 2.05) is 0 Å². The van der Waals surface area contributed by atoms with Crippen LogP contribution in [0, 0.1) is 6.92 Å². The number of aryl methyl sites for hydroxylation is 1. The molecule has 1 N–H and O–H groups in total. The molecule has 0 spiro atoms. The Balaban J connectivity index is 1.58. The molecule has 0 bridgehead atoms. The summed E-state index contributed by atoms with van der Waals surface area (Å²) >= 11 is 7.07. The van der Waals surface area contributed by atoms with Crippen LogP contribution in [0.5, 0.6) is 0 Å². The molecule has 4 rings (SSSR count). The predicted molar refractivity (Wildman–Crippen MR) is 123 cm³/mol. The molecule has 2 fully saturated rings. The Bertz CT molecular complexity index is 1200. The lowest BCUT2D eigenvalue weighted by Gasteiger charge is -2.49. The van der Waals surface area contributed by atoms with E-state index in [-0.39, 0.29) is 47.2 Å². The zero-order valence-electron chi connectivity index (χ0n) is 18.0. The number of alkyl halides is 1. The maximum Gasteiger partial charge on any atom is 0.378 e. The van der Waals surface area contributed by atoms with E-state index in [1.165, 1.54) is 16.7 Å². The van der Waals surface area contributed by atoms with Gasteiger partial charge in [0.2, 0.25) is 5.60 Å². The van der Waals surface area contributed by atoms with Crippen LogP contribution in [0.2, 0.25) is 0 Å². The molecule has 3 aliphatic rings. The summed E-state index contributed by atoms with van der Waals surface area (Å²) in [6.07, 6.45) is 0.563. The summed E-state index contributed by atoms with van der Waals surface area (Å²) in [5.74, 6) is -3.76. The highest BCUT2D eigenvalue weighted by molar-refractivity contribution is 7.86. The lowest BCUT2D eigenvalue weighted by molar-refractivity contribution is -0.150. The molecule has 180 valence electrons. The molecule has 1 saturated carbocycles. The Morgan fingerprint density at radius 2 is 2.09 bits per heavy atom. The highest BCUT2D eigenvalue weighted by atomic mass is 35.5. The molecule has 3 heterocycles. The van der Waals surface area contributed by atoms with Crippen molar-refractivity contribution < 1.29 is 37.5 Å². The number of hydrogen-bond acceptors (Lipinski definition) is 11. The van der Waals surface area contributed by atoms with Crippen LogP contribution in [-0.4, -0.2) is 88.3 Å². The second-order valence-electron chi connectivity index (χ2n) is 7.75. The fourth-order valence-electron chi connectivity index (χ4n) is 3.57. The van der Waals surface area contributed by atoms with E-state index >= 15 is 0 Å². The highest BCUT2D eigenvalue weighted by Crippen LogP contribution is 2.41. The van der Waals surface area contributed by atoms with Crippen molar-refractivity contribution in [1.29, 1.82) is 0 Å². The first kappa shape index (κ1) is 25.4. The summed E-state index contributed by atoms with van der Waals surface area (Å²) in [7, 11) is 8.21. The van der Waals surface area contributed by atoms with Crippen molar-refractivity contribution in [3.05, 3.63) is 27.4 Å². The number of oxime groups is 1. The third-order valence-corrected chi connectivity index (χ3v) is 8.28. The van der Waals surface area contributed by atoms with Crippen molar-refractivity contribution >= 4 is 79.3 Å². The van der Waals surface area contributed by atoms with Crippen LogP contribution in [-0.2, 0) is 44.1 Å². The summed E-state index contributed by atoms with van der Waals surface area (Å²) in [4.78, 5) is 60.5. The quantitative estimate of drug-likeness (QED) is 0.143. The van der Waals surface area contributed by atoms with E-state index in [4.69, 9.17) is 32.5 Å². The number of rotatable bonds is 8. The molecule has 1 saturated heterocycles. The molecule has 0 aromatic carbocycles. The minimum atomic E-state index is -1.69. The van der Waals surface area contributed by atoms with Crippen molar-refractivity contribution in [2.45, 2.75) is 36.8 Å². The summed E-state index contributed by atoms with van der Waals surface area (Å²) in [6.45, 7) is 1.70. The summed E-state index contributed by atoms with van der Waals surface area (Å²) in [5, 5.41) is 7.38. The zero-order valence-corrected chi connectivity index (χ0v) is 20.4. The standard InChI is InChI=1S/C18H15B2ClN4O8S2/c1-7-22-9(5-34-7)10(24-33-18(2-3-18)17(29)32-20)13(26)23-11-14(27)25-12(16(28)31-19)8(4-21)6-35(30)15(11)25/h5,11,15H,2-4,6H2,1H3,(H,23,26)/b24-10+/t11-,15-,35?/m1/s1. The van der Waals surface area contributed by atoms with Gasteiger partial charge >= 0.3 is 28.0 Å². The Kier molecular flexibility index (Phi) is 7.06. The molecule has 2 aliphatic heterocycles. The van der Waals surface area contributed by atoms with Crippen LogP contribution in [0.3, 0.4) is 0 Å². The second-order valence-corrected chi connectivity index (χ2v) is 10.6. The van der Waals surface area contributed by atoms with Crippen LogP contribution in [0.4, 0.5) is 0 Å². The van der Waals surface area contributed by atoms with E-state index in [0.29, 0.717) is 5.01 Å². The van der Waals surface area contributed by atoms with Crippen molar-refractivity contribution in [2.24, 2.45) is 5.16 Å². The number of nitrogens with one attached hydrogen (secondary N) is 1. The third kappa shape index (κ3) is 4.49. The van der Waals surface area contributed by atoms with Gasteiger partial charge in [-0.25, -0.2) is 14.6 Å². The minimum absolute atomic E-state index is 0.117. The van der Waals surface area contributed by atoms with Crippen LogP contribution in [0.25, 0.3) is 0 Å². The van der Waals surface area contributed by atoms with Crippen LogP contribution in [0.1, 0.15) is 23.5 Å². The molecular formula is C18H15B2ClN4O8S2. The first-order valence-corrected chi connectivity index (χ1v) is 12.8. The van der Waals surface area contributed by atoms with Gasteiger partial charge in [-0.05, 0) is 12.5 Å². The second kappa shape index (κ2) is 9.74. The van der Waals surface area contributed by atoms with Gasteiger partial charge in [-0.2, -0.15) is 0 Å². The number of amides is 2. The van der Waals surface area contributed by atoms with Gasteiger partial charge < -0.3 is 19.5 Å². The lowest BCUT2D eigenvalue weighted by Crippen LogP contribution is -2.74. The molecule has 4 radical (unpaired) electrons. The molecule has 12 nitrogen and oxygen atoms in total. The number of thiazole rings is 1. The van der Waals surface area contributed by atoms with E-state index in [2.05, 4.69) is 24.8 Å². The molecule has 1 aromatic rings. The average Bonchev–Trinajstić information content (AvgIpc) is 3.53. The van der Waals surface area contributed by atoms with E-state index < -0.39 is 51.6 Å². The van der Waals surface area contributed by atoms with Gasteiger partial charge in [0, 0.05) is 24.1 Å². The largest absolute Gasteiger partial charge is 0.540 e. The number of hydrogen-bond donors (Lipinski definition) is 1. The maximum absolute atomic E-state index is 13.1. The van der Waals surface area contributed by atoms with Gasteiger partial charge in [-0.1, -0.05) is 5.16 Å². The Labute approximate surface area is 212 Å². The van der Waals surface area contributed by atoms with Gasteiger partial charge in [0.05, 0.1) is 21.6 Å². The first-order valence-electron chi connectivity index (χ1n) is 9.97. The van der Waals surface area contributed by atoms with Gasteiger partial charge in [0.15, 0.2) is 5.71 Å². The molecule has 17 heteroatoms. The fourth-order valence-corrected chi connectivity index (χ4v) is 6.19. The monoisotopic (exact) mass is 536 g/mol. The topological polar surface area (TPSA) is 154 Å². The van der Waals surface area contributed by atoms with Crippen molar-refractivity contribution in [2.75, 3.05) is 11.6 Å². The molecule has 1 aliphatic carbocycles. The van der Waals surface area contributed by atoms with Crippen molar-refractivity contribution in [3.63, 3.8) is 0 Å². The van der Waals surface area contributed by atoms with Gasteiger partial charge in [0.1, 0.15) is 22.8 Å². The van der Waals surface area contributed by atoms with E-state index in [0.717, 1.165) is 4.90 Å². The predicted octanol–water partition coefficient (Wildman–Crippen LogP) is -1.13. The summed E-state index contributed by atoms with van der Waals surface area (Å²) < 4.78 is 21.3. The molecule has 2 amide bonds. The number of nitrogens with zero attached hydrogens (tertiary/aromatic N) is 3. The van der Waals surface area contributed by atoms with Gasteiger partial charge in [-0.15, -0.1) is 22.9 Å². The van der Waals surface area contributed by atoms with Crippen molar-refractivity contribution in [3.8, 4) is 0 Å². The van der Waals surface area contributed by atoms with E-state index in [1.54, 1.807) is 6.92 Å². The number of fused-ring (bicyclic) bond motifs is 1. The number of β-lactam (4-membered cyclic amide) rings is 1. The highest BCUT2D eigenvalue weighted by Gasteiger charge is 2.58. The number of carbonyl (C=O) groups is 4. The lowest BCUT2D eigenvalue weighted by atomic mass is 10.0. The zero-order chi connectivity index (χ0) is 25.5. The maximum atomic E-state index is 13.1. The summed E-state index contributed by atoms with van der Waals surface area (Å²) in [6, 6.07) is -1.25. The number of aromatic nitrogens is 1. The van der Waals surface area contributed by atoms with Crippen LogP contribution in [0.15, 0.2) is 21.8 Å². The average molecular weight is 537 g/mol. The number of carbonyl (C=O) groups excluding carboxylic acids is 4. The molecule has 3 atom stereocenters. The molecule has 35 heavy (non-hydrogen) atoms. The fraction of sp³-hybridized carbons (Fsp3) is 0.444. The van der Waals surface area contributed by atoms with E-state index in [9.17, 15) is 23.4 Å². The number of halogens is 1. The van der Waals surface area contributed by atoms with Crippen molar-refractivity contribution in [1.82, 2.24) is 15.2 Å². The third-order valence-electron chi connectivity index (χ3n) is 5.52. The van der Waals surface area contributed by atoms with Crippen LogP contribution >= 0.6 is 22.9 Å². The Hall–Kier alpha value is -2.71. The normalized spacial score (nSPS) is 24.7. The summed E-state index contributed by atoms with van der Waals surface area (Å²) in [5.41, 5.74) is -1.57. The minimum Gasteiger partial charge on any atom is -0.540 e. The smallest absolute Gasteiger partial charge is 0.378 e. The SMILES string of the molecule is [B]OC(=O)C1=C(CCl)CS(=O)[C@@H]2[C@H](NC(=O)/C(=N/OC3(C(=O)O[B])CC3)c3csc(C)n3)C(=O)N12. The molecule has 1 unspecified atom stereocenters. The van der Waals surface area contributed by atoms with Gasteiger partial charge in [-0.3, -0.25) is 18.7 Å². The Morgan fingerprint density at radius 1 is 1.37 bits per heavy atom. The molecule has 1 aromatic heterocycles. The Morgan fingerprint density at radius 3 is 2.63 bits per heavy atom. The van der Waals surface area contributed by atoms with Crippen LogP contribution < -0.4 is 5.32 Å².